The Bertz CT molecular complexity index is 1530. The molecule has 4 heterocycles. The van der Waals surface area contributed by atoms with Crippen molar-refractivity contribution in [3.05, 3.63) is 78.6 Å². The summed E-state index contributed by atoms with van der Waals surface area (Å²) >= 11 is 0. The smallest absolute Gasteiger partial charge is 0.242 e. The van der Waals surface area contributed by atoms with Gasteiger partial charge < -0.3 is 24.1 Å². The lowest BCUT2D eigenvalue weighted by molar-refractivity contribution is -0.132. The number of piperazine rings is 1. The summed E-state index contributed by atoms with van der Waals surface area (Å²) in [5, 5.41) is 2.09. The molecule has 1 N–H and O–H groups in total. The van der Waals surface area contributed by atoms with E-state index in [1.54, 1.807) is 13.3 Å². The zero-order valence-corrected chi connectivity index (χ0v) is 20.6. The summed E-state index contributed by atoms with van der Waals surface area (Å²) in [4.78, 5) is 25.6. The van der Waals surface area contributed by atoms with Crippen LogP contribution in [0.25, 0.3) is 33.2 Å². The van der Waals surface area contributed by atoms with Gasteiger partial charge in [-0.25, -0.2) is 4.98 Å². The number of hydrogen-bond acceptors (Lipinski definition) is 4. The Kier molecular flexibility index (Phi) is 5.60. The SMILES string of the molecule is COc1ccc2c(c1)c(-c1cc3cccnc3[nH]1)cn2CC(=O)N1CCN(c2cccc(C)c2)CC1. The predicted octanol–water partition coefficient (Wildman–Crippen LogP) is 4.85. The van der Waals surface area contributed by atoms with Crippen LogP contribution in [-0.2, 0) is 11.3 Å². The Hall–Kier alpha value is -4.26. The number of nitrogens with one attached hydrogen (secondary N) is 1. The minimum atomic E-state index is 0.136. The summed E-state index contributed by atoms with van der Waals surface area (Å²) in [5.74, 6) is 0.922. The average Bonchev–Trinajstić information content (AvgIpc) is 3.50. The van der Waals surface area contributed by atoms with Crippen molar-refractivity contribution in [2.45, 2.75) is 13.5 Å². The third-order valence-corrected chi connectivity index (χ3v) is 7.08. The molecule has 1 saturated heterocycles. The van der Waals surface area contributed by atoms with Crippen molar-refractivity contribution in [1.29, 1.82) is 0 Å². The number of ether oxygens (including phenoxy) is 1. The molecular weight excluding hydrogens is 450 g/mol. The summed E-state index contributed by atoms with van der Waals surface area (Å²) in [5.41, 5.74) is 6.33. The van der Waals surface area contributed by atoms with Gasteiger partial charge in [0.25, 0.3) is 0 Å². The van der Waals surface area contributed by atoms with E-state index < -0.39 is 0 Å². The van der Waals surface area contributed by atoms with Crippen molar-refractivity contribution in [2.75, 3.05) is 38.2 Å². The second-order valence-corrected chi connectivity index (χ2v) is 9.38. The Balaban J connectivity index is 1.26. The molecule has 0 spiro atoms. The Labute approximate surface area is 209 Å². The number of aromatic amines is 1. The summed E-state index contributed by atoms with van der Waals surface area (Å²) in [6, 6.07) is 20.6. The first-order valence-electron chi connectivity index (χ1n) is 12.3. The van der Waals surface area contributed by atoms with Crippen LogP contribution in [0, 0.1) is 6.92 Å². The van der Waals surface area contributed by atoms with E-state index in [9.17, 15) is 4.79 Å². The number of anilines is 1. The molecule has 1 fully saturated rings. The van der Waals surface area contributed by atoms with E-state index in [0.29, 0.717) is 6.54 Å². The van der Waals surface area contributed by atoms with Crippen LogP contribution >= 0.6 is 0 Å². The zero-order chi connectivity index (χ0) is 24.6. The molecular formula is C29H29N5O2. The van der Waals surface area contributed by atoms with Gasteiger partial charge >= 0.3 is 0 Å². The average molecular weight is 480 g/mol. The first-order valence-corrected chi connectivity index (χ1v) is 12.3. The second kappa shape index (κ2) is 9.07. The highest BCUT2D eigenvalue weighted by Crippen LogP contribution is 2.34. The number of benzene rings is 2. The van der Waals surface area contributed by atoms with Crippen LogP contribution < -0.4 is 9.64 Å². The van der Waals surface area contributed by atoms with Gasteiger partial charge in [0.15, 0.2) is 0 Å². The monoisotopic (exact) mass is 479 g/mol. The summed E-state index contributed by atoms with van der Waals surface area (Å²) in [7, 11) is 1.67. The predicted molar refractivity (Wildman–Crippen MR) is 144 cm³/mol. The van der Waals surface area contributed by atoms with Crippen LogP contribution in [0.4, 0.5) is 5.69 Å². The fourth-order valence-corrected chi connectivity index (χ4v) is 5.14. The minimum Gasteiger partial charge on any atom is -0.497 e. The molecule has 0 saturated carbocycles. The highest BCUT2D eigenvalue weighted by molar-refractivity contribution is 5.99. The largest absolute Gasteiger partial charge is 0.497 e. The maximum Gasteiger partial charge on any atom is 0.242 e. The van der Waals surface area contributed by atoms with Gasteiger partial charge in [0, 0.05) is 71.8 Å². The molecule has 0 unspecified atom stereocenters. The molecule has 1 amide bonds. The molecule has 0 aliphatic carbocycles. The lowest BCUT2D eigenvalue weighted by Crippen LogP contribution is -2.49. The molecule has 6 rings (SSSR count). The third-order valence-electron chi connectivity index (χ3n) is 7.08. The molecule has 182 valence electrons. The first kappa shape index (κ1) is 22.2. The molecule has 0 bridgehead atoms. The number of pyridine rings is 1. The standard InChI is InChI=1S/C29H29N5O2/c1-20-5-3-7-22(15-20)32-11-13-33(14-12-32)28(35)19-34-18-25(24-17-23(36-2)8-9-27(24)34)26-16-21-6-4-10-30-29(21)31-26/h3-10,15-18H,11-14,19H2,1-2H3,(H,30,31). The molecule has 1 aliphatic rings. The number of amides is 1. The number of methoxy groups -OCH3 is 1. The number of rotatable bonds is 5. The van der Waals surface area contributed by atoms with Gasteiger partial charge in [-0.1, -0.05) is 12.1 Å². The number of nitrogens with zero attached hydrogens (tertiary/aromatic N) is 4. The number of carbonyl (C=O) groups is 1. The van der Waals surface area contributed by atoms with Gasteiger partial charge in [-0.15, -0.1) is 0 Å². The molecule has 7 heteroatoms. The fraction of sp³-hybridized carbons (Fsp3) is 0.241. The van der Waals surface area contributed by atoms with Gasteiger partial charge in [-0.3, -0.25) is 4.79 Å². The van der Waals surface area contributed by atoms with Gasteiger partial charge in [0.1, 0.15) is 17.9 Å². The zero-order valence-electron chi connectivity index (χ0n) is 20.6. The fourth-order valence-electron chi connectivity index (χ4n) is 5.14. The maximum atomic E-state index is 13.4. The van der Waals surface area contributed by atoms with Crippen LogP contribution in [0.15, 0.2) is 73.1 Å². The Morgan fingerprint density at radius 1 is 1.03 bits per heavy atom. The highest BCUT2D eigenvalue weighted by Gasteiger charge is 2.23. The lowest BCUT2D eigenvalue weighted by atomic mass is 10.1. The highest BCUT2D eigenvalue weighted by atomic mass is 16.5. The van der Waals surface area contributed by atoms with Crippen LogP contribution in [0.2, 0.25) is 0 Å². The molecule has 1 aliphatic heterocycles. The summed E-state index contributed by atoms with van der Waals surface area (Å²) < 4.78 is 7.55. The molecule has 36 heavy (non-hydrogen) atoms. The van der Waals surface area contributed by atoms with E-state index in [2.05, 4.69) is 62.9 Å². The minimum absolute atomic E-state index is 0.136. The van der Waals surface area contributed by atoms with Crippen LogP contribution in [0.5, 0.6) is 5.75 Å². The molecule has 3 aromatic heterocycles. The number of carbonyl (C=O) groups excluding carboxylic acids is 1. The quantitative estimate of drug-likeness (QED) is 0.391. The van der Waals surface area contributed by atoms with E-state index in [1.165, 1.54) is 11.3 Å². The molecule has 0 radical (unpaired) electrons. The van der Waals surface area contributed by atoms with Gasteiger partial charge in [0.05, 0.1) is 7.11 Å². The Morgan fingerprint density at radius 2 is 1.89 bits per heavy atom. The summed E-state index contributed by atoms with van der Waals surface area (Å²) in [6.07, 6.45) is 3.85. The van der Waals surface area contributed by atoms with Crippen molar-refractivity contribution in [3.63, 3.8) is 0 Å². The van der Waals surface area contributed by atoms with E-state index in [-0.39, 0.29) is 5.91 Å². The Morgan fingerprint density at radius 3 is 2.67 bits per heavy atom. The second-order valence-electron chi connectivity index (χ2n) is 9.38. The van der Waals surface area contributed by atoms with Crippen LogP contribution in [0.3, 0.4) is 0 Å². The topological polar surface area (TPSA) is 66.4 Å². The van der Waals surface area contributed by atoms with Crippen molar-refractivity contribution < 1.29 is 9.53 Å². The van der Waals surface area contributed by atoms with E-state index in [0.717, 1.165) is 65.1 Å². The van der Waals surface area contributed by atoms with Gasteiger partial charge in [-0.2, -0.15) is 0 Å². The van der Waals surface area contributed by atoms with E-state index in [4.69, 9.17) is 4.74 Å². The first-order chi connectivity index (χ1) is 17.6. The maximum absolute atomic E-state index is 13.4. The van der Waals surface area contributed by atoms with Crippen LogP contribution in [0.1, 0.15) is 5.56 Å². The van der Waals surface area contributed by atoms with Crippen molar-refractivity contribution in [1.82, 2.24) is 19.4 Å². The van der Waals surface area contributed by atoms with Crippen molar-refractivity contribution in [2.24, 2.45) is 0 Å². The van der Waals surface area contributed by atoms with E-state index in [1.807, 2.05) is 35.2 Å². The number of fused-ring (bicyclic) bond motifs is 2. The van der Waals surface area contributed by atoms with Crippen LogP contribution in [-0.4, -0.2) is 58.6 Å². The molecule has 7 nitrogen and oxygen atoms in total. The lowest BCUT2D eigenvalue weighted by Gasteiger charge is -2.36. The van der Waals surface area contributed by atoms with E-state index >= 15 is 0 Å². The summed E-state index contributed by atoms with van der Waals surface area (Å²) in [6.45, 7) is 5.53. The number of aryl methyl sites for hydroxylation is 1. The molecule has 5 aromatic rings. The number of H-pyrrole nitrogens is 1. The van der Waals surface area contributed by atoms with Gasteiger partial charge in [0.2, 0.25) is 5.91 Å². The normalized spacial score (nSPS) is 14.1. The van der Waals surface area contributed by atoms with Gasteiger partial charge in [-0.05, 0) is 61.0 Å². The number of hydrogen-bond donors (Lipinski definition) is 1. The molecule has 2 aromatic carbocycles. The third kappa shape index (κ3) is 4.06. The van der Waals surface area contributed by atoms with Crippen molar-refractivity contribution >= 4 is 33.5 Å². The van der Waals surface area contributed by atoms with Crippen molar-refractivity contribution in [3.8, 4) is 17.0 Å². The number of aromatic nitrogens is 3. The molecule has 0 atom stereocenters.